The zero-order valence-electron chi connectivity index (χ0n) is 9.67. The second-order valence-electron chi connectivity index (χ2n) is 4.46. The quantitative estimate of drug-likeness (QED) is 0.782. The highest BCUT2D eigenvalue weighted by Gasteiger charge is 2.20. The number of likely N-dealkylation sites (tertiary alicyclic amines) is 1. The predicted octanol–water partition coefficient (Wildman–Crippen LogP) is 1.50. The molecule has 0 radical (unpaired) electrons. The topological polar surface area (TPSA) is 40.5 Å². The minimum absolute atomic E-state index is 0.142. The van der Waals surface area contributed by atoms with Crippen LogP contribution in [0.3, 0.4) is 0 Å². The van der Waals surface area contributed by atoms with Gasteiger partial charge in [-0.2, -0.15) is 0 Å². The van der Waals surface area contributed by atoms with E-state index in [1.807, 2.05) is 29.2 Å². The highest BCUT2D eigenvalue weighted by molar-refractivity contribution is 7.80. The van der Waals surface area contributed by atoms with Gasteiger partial charge in [0.05, 0.1) is 12.5 Å². The molecule has 2 rings (SSSR count). The Morgan fingerprint density at radius 3 is 2.47 bits per heavy atom. The minimum Gasteiger partial charge on any atom is -0.393 e. The lowest BCUT2D eigenvalue weighted by atomic mass is 10.1. The summed E-state index contributed by atoms with van der Waals surface area (Å²) >= 11 is 4.21. The van der Waals surface area contributed by atoms with E-state index >= 15 is 0 Å². The molecule has 0 bridgehead atoms. The zero-order valence-corrected chi connectivity index (χ0v) is 10.6. The maximum absolute atomic E-state index is 12.0. The van der Waals surface area contributed by atoms with Crippen LogP contribution < -0.4 is 0 Å². The van der Waals surface area contributed by atoms with E-state index in [1.54, 1.807) is 0 Å². The Balaban J connectivity index is 1.90. The van der Waals surface area contributed by atoms with Crippen LogP contribution in [0.15, 0.2) is 29.2 Å². The van der Waals surface area contributed by atoms with Gasteiger partial charge < -0.3 is 10.0 Å². The second kappa shape index (κ2) is 5.56. The average Bonchev–Trinajstić information content (AvgIpc) is 2.33. The first-order chi connectivity index (χ1) is 8.15. The molecule has 1 aromatic carbocycles. The zero-order chi connectivity index (χ0) is 12.3. The van der Waals surface area contributed by atoms with Gasteiger partial charge in [-0.1, -0.05) is 12.1 Å². The van der Waals surface area contributed by atoms with Crippen LogP contribution in [-0.4, -0.2) is 35.1 Å². The number of benzene rings is 1. The first-order valence-electron chi connectivity index (χ1n) is 5.89. The molecule has 0 unspecified atom stereocenters. The lowest BCUT2D eigenvalue weighted by Gasteiger charge is -2.29. The number of rotatable bonds is 2. The molecule has 1 fully saturated rings. The smallest absolute Gasteiger partial charge is 0.226 e. The molecule has 1 amide bonds. The molecule has 0 aliphatic carbocycles. The van der Waals surface area contributed by atoms with Crippen LogP contribution in [0, 0.1) is 0 Å². The van der Waals surface area contributed by atoms with Crippen molar-refractivity contribution in [3.05, 3.63) is 29.8 Å². The summed E-state index contributed by atoms with van der Waals surface area (Å²) in [6.07, 6.45) is 1.59. The van der Waals surface area contributed by atoms with Crippen molar-refractivity contribution in [1.29, 1.82) is 0 Å². The van der Waals surface area contributed by atoms with Crippen molar-refractivity contribution in [1.82, 2.24) is 4.90 Å². The molecule has 4 heteroatoms. The number of amides is 1. The Hall–Kier alpha value is -1.00. The third-order valence-corrected chi connectivity index (χ3v) is 3.41. The molecular formula is C13H17NO2S. The van der Waals surface area contributed by atoms with Crippen molar-refractivity contribution in [2.24, 2.45) is 0 Å². The summed E-state index contributed by atoms with van der Waals surface area (Å²) in [5, 5.41) is 9.38. The van der Waals surface area contributed by atoms with E-state index in [4.69, 9.17) is 0 Å². The molecule has 1 aliphatic rings. The number of carbonyl (C=O) groups is 1. The van der Waals surface area contributed by atoms with Crippen molar-refractivity contribution in [3.63, 3.8) is 0 Å². The molecule has 0 saturated carbocycles. The van der Waals surface area contributed by atoms with Crippen LogP contribution in [0.2, 0.25) is 0 Å². The van der Waals surface area contributed by atoms with Gasteiger partial charge in [-0.25, -0.2) is 0 Å². The van der Waals surface area contributed by atoms with Gasteiger partial charge in [-0.05, 0) is 30.5 Å². The van der Waals surface area contributed by atoms with E-state index in [1.165, 1.54) is 0 Å². The Bertz CT molecular complexity index is 383. The lowest BCUT2D eigenvalue weighted by Crippen LogP contribution is -2.40. The molecule has 17 heavy (non-hydrogen) atoms. The Morgan fingerprint density at radius 1 is 1.29 bits per heavy atom. The predicted molar refractivity (Wildman–Crippen MR) is 69.2 cm³/mol. The fourth-order valence-corrected chi connectivity index (χ4v) is 2.16. The standard InChI is InChI=1S/C13H17NO2S/c15-11-5-7-14(8-6-11)13(16)9-10-1-3-12(17)4-2-10/h1-4,11,15,17H,5-9H2. The highest BCUT2D eigenvalue weighted by atomic mass is 32.1. The first-order valence-corrected chi connectivity index (χ1v) is 6.33. The summed E-state index contributed by atoms with van der Waals surface area (Å²) < 4.78 is 0. The molecule has 1 N–H and O–H groups in total. The van der Waals surface area contributed by atoms with Crippen molar-refractivity contribution < 1.29 is 9.90 Å². The van der Waals surface area contributed by atoms with Crippen molar-refractivity contribution >= 4 is 18.5 Å². The van der Waals surface area contributed by atoms with Crippen LogP contribution in [0.25, 0.3) is 0 Å². The fourth-order valence-electron chi connectivity index (χ4n) is 2.02. The van der Waals surface area contributed by atoms with Crippen LogP contribution in [-0.2, 0) is 11.2 Å². The van der Waals surface area contributed by atoms with Crippen LogP contribution in [0.5, 0.6) is 0 Å². The van der Waals surface area contributed by atoms with E-state index in [0.29, 0.717) is 32.4 Å². The number of thiol groups is 1. The molecule has 0 spiro atoms. The minimum atomic E-state index is -0.234. The average molecular weight is 251 g/mol. The Labute approximate surface area is 107 Å². The fraction of sp³-hybridized carbons (Fsp3) is 0.462. The van der Waals surface area contributed by atoms with Crippen LogP contribution in [0.4, 0.5) is 0 Å². The summed E-state index contributed by atoms with van der Waals surface area (Å²) in [5.74, 6) is 0.142. The number of carbonyl (C=O) groups excluding carboxylic acids is 1. The molecule has 0 aromatic heterocycles. The van der Waals surface area contributed by atoms with Gasteiger partial charge in [-0.15, -0.1) is 12.6 Å². The monoisotopic (exact) mass is 251 g/mol. The van der Waals surface area contributed by atoms with E-state index in [0.717, 1.165) is 10.5 Å². The second-order valence-corrected chi connectivity index (χ2v) is 4.97. The van der Waals surface area contributed by atoms with Crippen molar-refractivity contribution in [2.45, 2.75) is 30.3 Å². The molecule has 1 aliphatic heterocycles. The van der Waals surface area contributed by atoms with Gasteiger partial charge in [0.2, 0.25) is 5.91 Å². The van der Waals surface area contributed by atoms with Gasteiger partial charge in [0.15, 0.2) is 0 Å². The molecule has 1 saturated heterocycles. The number of hydrogen-bond acceptors (Lipinski definition) is 3. The van der Waals surface area contributed by atoms with Crippen LogP contribution in [0.1, 0.15) is 18.4 Å². The molecule has 92 valence electrons. The van der Waals surface area contributed by atoms with Gasteiger partial charge >= 0.3 is 0 Å². The maximum Gasteiger partial charge on any atom is 0.226 e. The van der Waals surface area contributed by atoms with Crippen molar-refractivity contribution in [3.8, 4) is 0 Å². The Kier molecular flexibility index (Phi) is 4.07. The molecule has 3 nitrogen and oxygen atoms in total. The van der Waals surface area contributed by atoms with Crippen LogP contribution >= 0.6 is 12.6 Å². The largest absolute Gasteiger partial charge is 0.393 e. The number of hydrogen-bond donors (Lipinski definition) is 2. The normalized spacial score (nSPS) is 17.2. The van der Waals surface area contributed by atoms with E-state index in [2.05, 4.69) is 12.6 Å². The SMILES string of the molecule is O=C(Cc1ccc(S)cc1)N1CCC(O)CC1. The number of nitrogens with zero attached hydrogens (tertiary/aromatic N) is 1. The third kappa shape index (κ3) is 3.48. The number of aliphatic hydroxyl groups excluding tert-OH is 1. The van der Waals surface area contributed by atoms with Gasteiger partial charge in [0.1, 0.15) is 0 Å². The number of piperidine rings is 1. The summed E-state index contributed by atoms with van der Waals surface area (Å²) in [5.41, 5.74) is 1.01. The first kappa shape index (κ1) is 12.5. The van der Waals surface area contributed by atoms with Gasteiger partial charge in [-0.3, -0.25) is 4.79 Å². The molecular weight excluding hydrogens is 234 g/mol. The van der Waals surface area contributed by atoms with E-state index in [9.17, 15) is 9.90 Å². The van der Waals surface area contributed by atoms with Gasteiger partial charge in [0, 0.05) is 18.0 Å². The molecule has 1 aromatic rings. The number of aliphatic hydroxyl groups is 1. The summed E-state index contributed by atoms with van der Waals surface area (Å²) in [6, 6.07) is 7.65. The summed E-state index contributed by atoms with van der Waals surface area (Å²) in [6.45, 7) is 1.34. The lowest BCUT2D eigenvalue weighted by molar-refractivity contribution is -0.132. The highest BCUT2D eigenvalue weighted by Crippen LogP contribution is 2.13. The van der Waals surface area contributed by atoms with Crippen molar-refractivity contribution in [2.75, 3.05) is 13.1 Å². The summed E-state index contributed by atoms with van der Waals surface area (Å²) in [4.78, 5) is 14.7. The van der Waals surface area contributed by atoms with E-state index in [-0.39, 0.29) is 12.0 Å². The third-order valence-electron chi connectivity index (χ3n) is 3.11. The summed E-state index contributed by atoms with van der Waals surface area (Å²) in [7, 11) is 0. The van der Waals surface area contributed by atoms with Gasteiger partial charge in [0.25, 0.3) is 0 Å². The molecule has 1 heterocycles. The maximum atomic E-state index is 12.0. The molecule has 0 atom stereocenters. The Morgan fingerprint density at radius 2 is 1.88 bits per heavy atom. The van der Waals surface area contributed by atoms with E-state index < -0.39 is 0 Å².